The normalized spacial score (nSPS) is 10.2. The van der Waals surface area contributed by atoms with Gasteiger partial charge in [0.15, 0.2) is 11.5 Å². The highest BCUT2D eigenvalue weighted by Gasteiger charge is 2.10. The number of halogens is 3. The molecule has 0 spiro atoms. The first-order valence-corrected chi connectivity index (χ1v) is 8.84. The zero-order chi connectivity index (χ0) is 17.4. The number of hydrogen-bond donors (Lipinski definition) is 1. The van der Waals surface area contributed by atoms with Crippen molar-refractivity contribution in [1.29, 1.82) is 0 Å². The highest BCUT2D eigenvalue weighted by Crippen LogP contribution is 2.31. The Morgan fingerprint density at radius 3 is 2.40 bits per heavy atom. The number of hydrogen-bond acceptors (Lipinski definition) is 3. The lowest BCUT2D eigenvalue weighted by Crippen LogP contribution is -2.14. The summed E-state index contributed by atoms with van der Waals surface area (Å²) in [6.07, 6.45) is 2.37. The number of benzene rings is 2. The maximum absolute atomic E-state index is 6.17. The third-order valence-electron chi connectivity index (χ3n) is 3.70. The highest BCUT2D eigenvalue weighted by atomic mass is 35.5. The quantitative estimate of drug-likeness (QED) is 0.528. The lowest BCUT2D eigenvalue weighted by atomic mass is 10.2. The van der Waals surface area contributed by atoms with E-state index in [4.69, 9.17) is 32.7 Å². The molecule has 0 aliphatic rings. The Morgan fingerprint density at radius 2 is 1.76 bits per heavy atom. The minimum absolute atomic E-state index is 0. The van der Waals surface area contributed by atoms with E-state index in [1.165, 1.54) is 12.8 Å². The number of unbranched alkanes of at least 4 members (excludes halogenated alkanes) is 1. The van der Waals surface area contributed by atoms with Crippen molar-refractivity contribution in [3.05, 3.63) is 57.6 Å². The molecule has 0 bridgehead atoms. The Bertz CT molecular complexity index is 645. The Kier molecular flexibility index (Phi) is 10.1. The van der Waals surface area contributed by atoms with E-state index in [9.17, 15) is 0 Å². The Balaban J connectivity index is 0.00000312. The summed E-state index contributed by atoms with van der Waals surface area (Å²) in [6.45, 7) is 4.31. The van der Waals surface area contributed by atoms with Crippen LogP contribution in [0, 0.1) is 0 Å². The number of rotatable bonds is 9. The Labute approximate surface area is 166 Å². The van der Waals surface area contributed by atoms with Gasteiger partial charge in [0.25, 0.3) is 0 Å². The molecule has 2 aromatic rings. The predicted molar refractivity (Wildman–Crippen MR) is 108 cm³/mol. The van der Waals surface area contributed by atoms with Crippen LogP contribution in [0.2, 0.25) is 10.0 Å². The Hall–Kier alpha value is -1.13. The topological polar surface area (TPSA) is 30.5 Å². The van der Waals surface area contributed by atoms with Crippen LogP contribution in [-0.2, 0) is 13.2 Å². The van der Waals surface area contributed by atoms with Crippen LogP contribution in [0.25, 0.3) is 0 Å². The van der Waals surface area contributed by atoms with Crippen molar-refractivity contribution in [3.8, 4) is 11.5 Å². The summed E-state index contributed by atoms with van der Waals surface area (Å²) in [5, 5.41) is 4.61. The zero-order valence-electron chi connectivity index (χ0n) is 14.5. The second-order valence-corrected chi connectivity index (χ2v) is 6.32. The van der Waals surface area contributed by atoms with E-state index in [-0.39, 0.29) is 12.4 Å². The summed E-state index contributed by atoms with van der Waals surface area (Å²) in [5.74, 6) is 1.37. The third-order valence-corrected chi connectivity index (χ3v) is 4.41. The predicted octanol–water partition coefficient (Wildman–Crippen LogP) is 5.89. The molecule has 0 aliphatic carbocycles. The molecule has 0 atom stereocenters. The minimum atomic E-state index is 0. The summed E-state index contributed by atoms with van der Waals surface area (Å²) in [4.78, 5) is 0. The van der Waals surface area contributed by atoms with Crippen LogP contribution in [0.4, 0.5) is 0 Å². The fraction of sp³-hybridized carbons (Fsp3) is 0.368. The lowest BCUT2D eigenvalue weighted by Gasteiger charge is -2.14. The molecule has 3 nitrogen and oxygen atoms in total. The number of ether oxygens (including phenoxy) is 2. The first-order valence-electron chi connectivity index (χ1n) is 8.09. The molecular formula is C19H24Cl3NO2. The number of methoxy groups -OCH3 is 1. The van der Waals surface area contributed by atoms with Gasteiger partial charge in [0.2, 0.25) is 0 Å². The second kappa shape index (κ2) is 11.5. The molecule has 0 aliphatic heterocycles. The molecule has 2 rings (SSSR count). The minimum Gasteiger partial charge on any atom is -0.493 e. The summed E-state index contributed by atoms with van der Waals surface area (Å²) in [5.41, 5.74) is 1.93. The molecule has 138 valence electrons. The van der Waals surface area contributed by atoms with Gasteiger partial charge >= 0.3 is 0 Å². The van der Waals surface area contributed by atoms with Crippen molar-refractivity contribution in [2.75, 3.05) is 13.7 Å². The van der Waals surface area contributed by atoms with Crippen molar-refractivity contribution in [2.45, 2.75) is 32.9 Å². The zero-order valence-corrected chi connectivity index (χ0v) is 16.8. The van der Waals surface area contributed by atoms with Crippen LogP contribution < -0.4 is 14.8 Å². The molecule has 0 radical (unpaired) electrons. The van der Waals surface area contributed by atoms with Crippen molar-refractivity contribution < 1.29 is 9.47 Å². The van der Waals surface area contributed by atoms with Gasteiger partial charge in [-0.05, 0) is 42.8 Å². The van der Waals surface area contributed by atoms with Gasteiger partial charge in [-0.3, -0.25) is 0 Å². The van der Waals surface area contributed by atoms with Crippen LogP contribution in [0.15, 0.2) is 36.4 Å². The standard InChI is InChI=1S/C19H23Cl2NO2.ClH/c1-3-4-10-22-12-14-8-9-18(19(11-14)23-2)24-13-15-16(20)6-5-7-17(15)21;/h5-9,11,22H,3-4,10,12-13H2,1-2H3;1H. The van der Waals surface area contributed by atoms with Gasteiger partial charge < -0.3 is 14.8 Å². The van der Waals surface area contributed by atoms with Crippen molar-refractivity contribution in [2.24, 2.45) is 0 Å². The maximum atomic E-state index is 6.17. The molecule has 0 heterocycles. The molecule has 0 amide bonds. The molecular weight excluding hydrogens is 381 g/mol. The highest BCUT2D eigenvalue weighted by molar-refractivity contribution is 6.35. The first-order chi connectivity index (χ1) is 11.7. The smallest absolute Gasteiger partial charge is 0.161 e. The van der Waals surface area contributed by atoms with Gasteiger partial charge in [-0.15, -0.1) is 12.4 Å². The number of nitrogens with one attached hydrogen (secondary N) is 1. The van der Waals surface area contributed by atoms with E-state index in [2.05, 4.69) is 12.2 Å². The molecule has 0 saturated carbocycles. The van der Waals surface area contributed by atoms with Crippen LogP contribution in [-0.4, -0.2) is 13.7 Å². The van der Waals surface area contributed by atoms with Crippen LogP contribution in [0.3, 0.4) is 0 Å². The summed E-state index contributed by atoms with van der Waals surface area (Å²) in [7, 11) is 1.64. The van der Waals surface area contributed by atoms with E-state index in [0.29, 0.717) is 28.2 Å². The van der Waals surface area contributed by atoms with Gasteiger partial charge in [-0.2, -0.15) is 0 Å². The molecule has 25 heavy (non-hydrogen) atoms. The SMILES string of the molecule is CCCCNCc1ccc(OCc2c(Cl)cccc2Cl)c(OC)c1.Cl. The van der Waals surface area contributed by atoms with Gasteiger partial charge in [-0.1, -0.05) is 48.7 Å². The van der Waals surface area contributed by atoms with Crippen LogP contribution in [0.5, 0.6) is 11.5 Å². The van der Waals surface area contributed by atoms with Gasteiger partial charge in [0, 0.05) is 22.2 Å². The van der Waals surface area contributed by atoms with E-state index >= 15 is 0 Å². The molecule has 0 aromatic heterocycles. The molecule has 2 aromatic carbocycles. The summed E-state index contributed by atoms with van der Waals surface area (Å²) in [6, 6.07) is 11.4. The van der Waals surface area contributed by atoms with E-state index in [0.717, 1.165) is 24.2 Å². The van der Waals surface area contributed by atoms with Crippen molar-refractivity contribution in [1.82, 2.24) is 5.32 Å². The fourth-order valence-corrected chi connectivity index (χ4v) is 2.80. The third kappa shape index (κ3) is 6.59. The fourth-order valence-electron chi connectivity index (χ4n) is 2.30. The van der Waals surface area contributed by atoms with Gasteiger partial charge in [0.05, 0.1) is 7.11 Å². The first kappa shape index (κ1) is 21.9. The van der Waals surface area contributed by atoms with Gasteiger partial charge in [0.1, 0.15) is 6.61 Å². The average Bonchev–Trinajstić information content (AvgIpc) is 2.59. The molecule has 1 N–H and O–H groups in total. The molecule has 0 fully saturated rings. The van der Waals surface area contributed by atoms with Crippen LogP contribution >= 0.6 is 35.6 Å². The second-order valence-electron chi connectivity index (χ2n) is 5.50. The molecule has 0 saturated heterocycles. The summed E-state index contributed by atoms with van der Waals surface area (Å²) < 4.78 is 11.3. The van der Waals surface area contributed by atoms with E-state index in [1.807, 2.05) is 24.3 Å². The van der Waals surface area contributed by atoms with E-state index < -0.39 is 0 Å². The van der Waals surface area contributed by atoms with Gasteiger partial charge in [-0.25, -0.2) is 0 Å². The largest absolute Gasteiger partial charge is 0.493 e. The van der Waals surface area contributed by atoms with Crippen molar-refractivity contribution >= 4 is 35.6 Å². The van der Waals surface area contributed by atoms with E-state index in [1.54, 1.807) is 19.2 Å². The Morgan fingerprint density at radius 1 is 1.04 bits per heavy atom. The maximum Gasteiger partial charge on any atom is 0.161 e. The van der Waals surface area contributed by atoms with Crippen molar-refractivity contribution in [3.63, 3.8) is 0 Å². The monoisotopic (exact) mass is 403 g/mol. The van der Waals surface area contributed by atoms with Crippen LogP contribution in [0.1, 0.15) is 30.9 Å². The molecule has 0 unspecified atom stereocenters. The molecule has 6 heteroatoms. The summed E-state index contributed by atoms with van der Waals surface area (Å²) >= 11 is 12.3. The lowest BCUT2D eigenvalue weighted by molar-refractivity contribution is 0.284. The average molecular weight is 405 g/mol.